The molecule has 0 N–H and O–H groups in total. The van der Waals surface area contributed by atoms with E-state index in [1.54, 1.807) is 0 Å². The summed E-state index contributed by atoms with van der Waals surface area (Å²) in [4.78, 5) is 14.7. The van der Waals surface area contributed by atoms with Crippen molar-refractivity contribution in [3.63, 3.8) is 0 Å². The summed E-state index contributed by atoms with van der Waals surface area (Å²) in [5.41, 5.74) is 0.379. The molecule has 2 fully saturated rings. The Morgan fingerprint density at radius 2 is 1.20 bits per heavy atom. The second-order valence-electron chi connectivity index (χ2n) is 12.1. The SMILES string of the molecule is CC(C)(C)CN1[C@@H]2CCCC[C@H]2N(CC(C)(C)C)[P+]1([O-])C[Si](C)(C)C. The van der Waals surface area contributed by atoms with Crippen LogP contribution in [0, 0.1) is 10.8 Å². The highest BCUT2D eigenvalue weighted by Crippen LogP contribution is 2.68. The van der Waals surface area contributed by atoms with Gasteiger partial charge in [-0.05, 0) is 23.7 Å². The van der Waals surface area contributed by atoms with Crippen LogP contribution in [0.1, 0.15) is 67.2 Å². The van der Waals surface area contributed by atoms with Crippen molar-refractivity contribution in [3.8, 4) is 0 Å². The van der Waals surface area contributed by atoms with Gasteiger partial charge in [0.1, 0.15) is 7.79 Å². The summed E-state index contributed by atoms with van der Waals surface area (Å²) in [7, 11) is -3.92. The van der Waals surface area contributed by atoms with Gasteiger partial charge < -0.3 is 4.89 Å². The van der Waals surface area contributed by atoms with Crippen molar-refractivity contribution in [2.45, 2.75) is 99.0 Å². The molecule has 2 aliphatic rings. The molecule has 0 aromatic heterocycles. The Kier molecular flexibility index (Phi) is 6.25. The summed E-state index contributed by atoms with van der Waals surface area (Å²) in [6.45, 7) is 22.9. The lowest BCUT2D eigenvalue weighted by molar-refractivity contribution is -0.191. The lowest BCUT2D eigenvalue weighted by Gasteiger charge is -2.46. The largest absolute Gasteiger partial charge is 0.651 e. The molecule has 3 nitrogen and oxygen atoms in total. The van der Waals surface area contributed by atoms with Crippen LogP contribution in [0.5, 0.6) is 0 Å². The van der Waals surface area contributed by atoms with Crippen molar-refractivity contribution >= 4 is 15.9 Å². The van der Waals surface area contributed by atoms with Crippen LogP contribution in [0.4, 0.5) is 0 Å². The van der Waals surface area contributed by atoms with E-state index in [-0.39, 0.29) is 10.8 Å². The number of fused-ring (bicyclic) bond motifs is 1. The normalized spacial score (nSPS) is 29.0. The van der Waals surface area contributed by atoms with Crippen LogP contribution in [0.2, 0.25) is 19.6 Å². The van der Waals surface area contributed by atoms with Crippen molar-refractivity contribution in [2.75, 3.05) is 18.9 Å². The average Bonchev–Trinajstić information content (AvgIpc) is 2.56. The first-order valence-corrected chi connectivity index (χ1v) is 15.8. The number of nitrogens with zero attached hydrogens (tertiary/aromatic N) is 2. The Balaban J connectivity index is 2.46. The van der Waals surface area contributed by atoms with Gasteiger partial charge in [-0.1, -0.05) is 74.0 Å². The molecule has 0 bridgehead atoms. The summed E-state index contributed by atoms with van der Waals surface area (Å²) in [6, 6.07) is 1.02. The standard InChI is InChI=1S/C20H43N2OPSi/c1-19(2,3)14-21-17-12-10-11-13-18(17)22(15-20(4,5)6)24(21,23)16-25(7,8)9/h17-18H,10-16H2,1-9H3/t17-,18-/m1/s1. The molecule has 0 amide bonds. The van der Waals surface area contributed by atoms with Gasteiger partial charge in [0.25, 0.3) is 0 Å². The molecule has 148 valence electrons. The Morgan fingerprint density at radius 1 is 0.840 bits per heavy atom. The molecule has 0 aromatic carbocycles. The zero-order valence-electron chi connectivity index (χ0n) is 18.4. The molecule has 5 heteroatoms. The van der Waals surface area contributed by atoms with E-state index in [2.05, 4.69) is 70.5 Å². The van der Waals surface area contributed by atoms with Gasteiger partial charge in [0.2, 0.25) is 0 Å². The Hall–Kier alpha value is 0.527. The minimum Gasteiger partial charge on any atom is -0.651 e. The highest BCUT2D eigenvalue weighted by atomic mass is 31.2. The second-order valence-corrected chi connectivity index (χ2v) is 20.9. The van der Waals surface area contributed by atoms with Gasteiger partial charge in [0, 0.05) is 13.1 Å². The van der Waals surface area contributed by atoms with Gasteiger partial charge in [0.15, 0.2) is 0 Å². The Labute approximate surface area is 159 Å². The molecule has 1 saturated carbocycles. The first-order chi connectivity index (χ1) is 11.1. The van der Waals surface area contributed by atoms with Crippen molar-refractivity contribution in [2.24, 2.45) is 10.8 Å². The topological polar surface area (TPSA) is 29.5 Å². The van der Waals surface area contributed by atoms with Gasteiger partial charge in [-0.2, -0.15) is 9.34 Å². The lowest BCUT2D eigenvalue weighted by atomic mass is 9.87. The lowest BCUT2D eigenvalue weighted by Crippen LogP contribution is -2.47. The van der Waals surface area contributed by atoms with Gasteiger partial charge in [-0.25, -0.2) is 0 Å². The van der Waals surface area contributed by atoms with E-state index in [0.29, 0.717) is 12.1 Å². The number of hydrogen-bond acceptors (Lipinski definition) is 3. The summed E-state index contributed by atoms with van der Waals surface area (Å²) < 4.78 is 5.06. The highest BCUT2D eigenvalue weighted by Gasteiger charge is 2.60. The quantitative estimate of drug-likeness (QED) is 0.502. The van der Waals surface area contributed by atoms with Crippen molar-refractivity contribution < 1.29 is 4.89 Å². The van der Waals surface area contributed by atoms with Crippen molar-refractivity contribution in [3.05, 3.63) is 0 Å². The maximum absolute atomic E-state index is 14.7. The van der Waals surface area contributed by atoms with Gasteiger partial charge in [-0.3, -0.25) is 0 Å². The van der Waals surface area contributed by atoms with E-state index < -0.39 is 15.9 Å². The molecule has 1 heterocycles. The monoisotopic (exact) mass is 386 g/mol. The van der Waals surface area contributed by atoms with Crippen LogP contribution in [0.25, 0.3) is 0 Å². The predicted octanol–water partition coefficient (Wildman–Crippen LogP) is 5.01. The second kappa shape index (κ2) is 7.17. The van der Waals surface area contributed by atoms with E-state index in [1.807, 2.05) is 0 Å². The molecular weight excluding hydrogens is 343 g/mol. The van der Waals surface area contributed by atoms with E-state index in [0.717, 1.165) is 18.9 Å². The Morgan fingerprint density at radius 3 is 1.48 bits per heavy atom. The maximum atomic E-state index is 14.7. The summed E-state index contributed by atoms with van der Waals surface area (Å²) in [6.07, 6.45) is 5.07. The molecular formula is C20H43N2OPSi. The van der Waals surface area contributed by atoms with E-state index in [1.165, 1.54) is 25.7 Å². The maximum Gasteiger partial charge on any atom is 0.103 e. The summed E-state index contributed by atoms with van der Waals surface area (Å²) >= 11 is 0. The molecule has 0 aromatic rings. The number of hydrogen-bond donors (Lipinski definition) is 0. The molecule has 1 aliphatic carbocycles. The zero-order chi connectivity index (χ0) is 19.3. The van der Waals surface area contributed by atoms with Crippen LogP contribution in [-0.2, 0) is 0 Å². The van der Waals surface area contributed by atoms with Crippen molar-refractivity contribution in [1.29, 1.82) is 0 Å². The Bertz CT molecular complexity index is 432. The summed E-state index contributed by atoms with van der Waals surface area (Å²) in [5, 5.41) is 0. The average molecular weight is 387 g/mol. The number of rotatable bonds is 4. The van der Waals surface area contributed by atoms with E-state index in [4.69, 9.17) is 0 Å². The van der Waals surface area contributed by atoms with Crippen molar-refractivity contribution in [1.82, 2.24) is 9.34 Å². The molecule has 0 unspecified atom stereocenters. The highest BCUT2D eigenvalue weighted by molar-refractivity contribution is 7.67. The first kappa shape index (κ1) is 21.8. The van der Waals surface area contributed by atoms with Crippen LogP contribution >= 0.6 is 7.79 Å². The minimum absolute atomic E-state index is 0.189. The van der Waals surface area contributed by atoms with Gasteiger partial charge >= 0.3 is 0 Å². The fourth-order valence-corrected chi connectivity index (χ4v) is 14.1. The van der Waals surface area contributed by atoms with E-state index >= 15 is 0 Å². The molecule has 0 radical (unpaired) electrons. The fourth-order valence-electron chi connectivity index (χ4n) is 4.63. The smallest absolute Gasteiger partial charge is 0.103 e. The third-order valence-electron chi connectivity index (χ3n) is 5.22. The molecule has 1 saturated heterocycles. The first-order valence-electron chi connectivity index (χ1n) is 10.3. The molecule has 2 atom stereocenters. The molecule has 25 heavy (non-hydrogen) atoms. The zero-order valence-corrected chi connectivity index (χ0v) is 20.2. The van der Waals surface area contributed by atoms with Gasteiger partial charge in [0.05, 0.1) is 25.9 Å². The predicted molar refractivity (Wildman–Crippen MR) is 113 cm³/mol. The van der Waals surface area contributed by atoms with Crippen LogP contribution < -0.4 is 4.89 Å². The molecule has 1 aliphatic heterocycles. The third-order valence-corrected chi connectivity index (χ3v) is 13.1. The molecule has 0 spiro atoms. The van der Waals surface area contributed by atoms with Crippen LogP contribution in [0.15, 0.2) is 0 Å². The van der Waals surface area contributed by atoms with E-state index in [9.17, 15) is 4.89 Å². The van der Waals surface area contributed by atoms with Crippen LogP contribution in [0.3, 0.4) is 0 Å². The van der Waals surface area contributed by atoms with Crippen LogP contribution in [-0.4, -0.2) is 48.4 Å². The third kappa shape index (κ3) is 5.51. The fraction of sp³-hybridized carbons (Fsp3) is 1.00. The van der Waals surface area contributed by atoms with Gasteiger partial charge in [-0.15, -0.1) is 0 Å². The summed E-state index contributed by atoms with van der Waals surface area (Å²) in [5.74, 6) is 0.944. The minimum atomic E-state index is -2.48. The molecule has 2 rings (SSSR count).